The van der Waals surface area contributed by atoms with E-state index in [1.807, 2.05) is 36.4 Å². The lowest BCUT2D eigenvalue weighted by Crippen LogP contribution is -2.62. The number of amides is 1. The summed E-state index contributed by atoms with van der Waals surface area (Å²) in [6.45, 7) is 0.443. The topological polar surface area (TPSA) is 56.3 Å². The molecule has 5 rings (SSSR count). The number of ether oxygens (including phenoxy) is 1. The van der Waals surface area contributed by atoms with Crippen molar-refractivity contribution in [1.82, 2.24) is 14.9 Å². The van der Waals surface area contributed by atoms with Gasteiger partial charge in [-0.05, 0) is 41.8 Å². The number of hydrogen-bond acceptors (Lipinski definition) is 6. The van der Waals surface area contributed by atoms with E-state index in [1.54, 1.807) is 35.1 Å². The van der Waals surface area contributed by atoms with Gasteiger partial charge in [0.2, 0.25) is 0 Å². The van der Waals surface area contributed by atoms with Gasteiger partial charge in [0.25, 0.3) is 5.91 Å². The largest absolute Gasteiger partial charge is 0.507 e. The average Bonchev–Trinajstić information content (AvgIpc) is 2.99. The highest BCUT2D eigenvalue weighted by Gasteiger charge is 2.49. The van der Waals surface area contributed by atoms with Crippen LogP contribution in [-0.2, 0) is 15.3 Å². The van der Waals surface area contributed by atoms with Crippen LogP contribution in [0.4, 0.5) is 13.2 Å². The van der Waals surface area contributed by atoms with Crippen molar-refractivity contribution in [3.8, 4) is 0 Å². The average molecular weight is 538 g/mol. The number of nitrogens with zero attached hydrogens (tertiary/aromatic N) is 3. The number of aliphatic hydroxyl groups is 1. The van der Waals surface area contributed by atoms with Crippen LogP contribution in [0.2, 0.25) is 5.02 Å². The van der Waals surface area contributed by atoms with E-state index in [2.05, 4.69) is 0 Å². The van der Waals surface area contributed by atoms with Gasteiger partial charge in [-0.3, -0.25) is 9.80 Å². The zero-order valence-electron chi connectivity index (χ0n) is 19.2. The van der Waals surface area contributed by atoms with E-state index in [4.69, 9.17) is 16.3 Å². The zero-order valence-corrected chi connectivity index (χ0v) is 20.8. The fourth-order valence-corrected chi connectivity index (χ4v) is 6.11. The van der Waals surface area contributed by atoms with Crippen molar-refractivity contribution in [2.45, 2.75) is 35.8 Å². The predicted molar refractivity (Wildman–Crippen MR) is 130 cm³/mol. The molecule has 0 radical (unpaired) electrons. The minimum Gasteiger partial charge on any atom is -0.507 e. The third-order valence-electron chi connectivity index (χ3n) is 6.51. The van der Waals surface area contributed by atoms with Crippen LogP contribution in [0.3, 0.4) is 0 Å². The summed E-state index contributed by atoms with van der Waals surface area (Å²) < 4.78 is 46.9. The number of thioether (sulfide) groups is 1. The summed E-state index contributed by atoms with van der Waals surface area (Å²) in [5.41, 5.74) is 2.28. The van der Waals surface area contributed by atoms with Crippen LogP contribution < -0.4 is 0 Å². The molecule has 2 atom stereocenters. The molecule has 0 saturated carbocycles. The summed E-state index contributed by atoms with van der Waals surface area (Å²) in [5, 5.41) is 14.5. The Labute approximate surface area is 215 Å². The Morgan fingerprint density at radius 2 is 1.92 bits per heavy atom. The van der Waals surface area contributed by atoms with Crippen molar-refractivity contribution in [3.63, 3.8) is 0 Å². The lowest BCUT2D eigenvalue weighted by Gasteiger charge is -2.49. The third-order valence-corrected chi connectivity index (χ3v) is 7.98. The van der Waals surface area contributed by atoms with Gasteiger partial charge < -0.3 is 14.7 Å². The van der Waals surface area contributed by atoms with Crippen molar-refractivity contribution in [2.75, 3.05) is 19.9 Å². The maximum Gasteiger partial charge on any atom is 0.408 e. The molecule has 2 aromatic rings. The van der Waals surface area contributed by atoms with E-state index in [0.717, 1.165) is 33.4 Å². The first-order chi connectivity index (χ1) is 17.2. The number of fused-ring (bicyclic) bond motifs is 3. The molecule has 190 valence electrons. The van der Waals surface area contributed by atoms with Gasteiger partial charge in [0.15, 0.2) is 5.70 Å². The molecule has 1 amide bonds. The maximum absolute atomic E-state index is 13.9. The molecule has 6 nitrogen and oxygen atoms in total. The van der Waals surface area contributed by atoms with Crippen LogP contribution in [0.5, 0.6) is 0 Å². The minimum atomic E-state index is -4.66. The number of aliphatic hydroxyl groups excluding tert-OH is 1. The smallest absolute Gasteiger partial charge is 0.408 e. The molecular weight excluding hydrogens is 515 g/mol. The highest BCUT2D eigenvalue weighted by atomic mass is 35.5. The Bertz CT molecular complexity index is 1250. The van der Waals surface area contributed by atoms with Crippen LogP contribution >= 0.6 is 23.4 Å². The predicted octanol–water partition coefficient (Wildman–Crippen LogP) is 5.62. The number of carbonyl (C=O) groups excluding carboxylic acids is 1. The number of alkyl halides is 3. The molecule has 3 aliphatic heterocycles. The van der Waals surface area contributed by atoms with E-state index in [-0.39, 0.29) is 25.6 Å². The Balaban J connectivity index is 1.74. The lowest BCUT2D eigenvalue weighted by atomic mass is 9.94. The van der Waals surface area contributed by atoms with Gasteiger partial charge in [0, 0.05) is 21.9 Å². The summed E-state index contributed by atoms with van der Waals surface area (Å²) in [7, 11) is 0. The Kier molecular flexibility index (Phi) is 6.71. The number of benzene rings is 2. The molecule has 36 heavy (non-hydrogen) atoms. The molecule has 0 aliphatic carbocycles. The molecule has 2 aromatic carbocycles. The molecule has 0 spiro atoms. The highest BCUT2D eigenvalue weighted by Crippen LogP contribution is 2.46. The molecule has 0 unspecified atom stereocenters. The Morgan fingerprint density at radius 3 is 2.69 bits per heavy atom. The fourth-order valence-electron chi connectivity index (χ4n) is 4.64. The number of hydrazine groups is 1. The number of halogens is 4. The van der Waals surface area contributed by atoms with Crippen LogP contribution in [0.25, 0.3) is 0 Å². The standard InChI is InChI=1S/C25H23ClF3N3O3S/c1-15(25(27,28)29)30-14-32(31-10-5-11-35-12-20(33)23(31)24(30)34)22-16-7-4-8-19(26)18(16)13-36-21-9-3-2-6-17(21)22/h2-10,15,22,33H,11-14H2,1H3/b10-5-,23-20+/t15-,22+/m1/s1. The van der Waals surface area contributed by atoms with Crippen LogP contribution in [-0.4, -0.2) is 58.0 Å². The molecule has 0 aromatic heterocycles. The van der Waals surface area contributed by atoms with E-state index in [9.17, 15) is 23.1 Å². The Hall–Kier alpha value is -2.66. The molecule has 3 heterocycles. The monoisotopic (exact) mass is 537 g/mol. The molecule has 11 heteroatoms. The van der Waals surface area contributed by atoms with Crippen molar-refractivity contribution in [3.05, 3.63) is 87.9 Å². The first-order valence-electron chi connectivity index (χ1n) is 11.3. The quantitative estimate of drug-likeness (QED) is 0.537. The highest BCUT2D eigenvalue weighted by molar-refractivity contribution is 7.98. The second-order valence-corrected chi connectivity index (χ2v) is 10.1. The number of carbonyl (C=O) groups is 1. The summed E-state index contributed by atoms with van der Waals surface area (Å²) in [4.78, 5) is 15.1. The van der Waals surface area contributed by atoms with Crippen molar-refractivity contribution < 1.29 is 27.8 Å². The summed E-state index contributed by atoms with van der Waals surface area (Å²) in [5.74, 6) is -0.780. The van der Waals surface area contributed by atoms with Crippen molar-refractivity contribution in [1.29, 1.82) is 0 Å². The normalized spacial score (nSPS) is 24.7. The Morgan fingerprint density at radius 1 is 1.17 bits per heavy atom. The second-order valence-electron chi connectivity index (χ2n) is 8.65. The van der Waals surface area contributed by atoms with E-state index < -0.39 is 29.9 Å². The van der Waals surface area contributed by atoms with E-state index in [0.29, 0.717) is 10.8 Å². The molecular formula is C25H23ClF3N3O3S. The van der Waals surface area contributed by atoms with Gasteiger partial charge in [-0.1, -0.05) is 41.9 Å². The lowest BCUT2D eigenvalue weighted by molar-refractivity contribution is -0.204. The van der Waals surface area contributed by atoms with Gasteiger partial charge in [-0.2, -0.15) is 18.2 Å². The number of rotatable bonds is 2. The fraction of sp³-hybridized carbons (Fsp3) is 0.320. The third kappa shape index (κ3) is 4.36. The van der Waals surface area contributed by atoms with Gasteiger partial charge in [-0.15, -0.1) is 11.8 Å². The molecule has 1 N–H and O–H groups in total. The van der Waals surface area contributed by atoms with Crippen molar-refractivity contribution in [2.24, 2.45) is 0 Å². The summed E-state index contributed by atoms with van der Waals surface area (Å²) >= 11 is 8.19. The molecule has 0 bridgehead atoms. The van der Waals surface area contributed by atoms with E-state index >= 15 is 0 Å². The first-order valence-corrected chi connectivity index (χ1v) is 12.6. The summed E-state index contributed by atoms with van der Waals surface area (Å²) in [6, 6.07) is 10.5. The number of hydrogen-bond donors (Lipinski definition) is 1. The van der Waals surface area contributed by atoms with Crippen LogP contribution in [0, 0.1) is 0 Å². The minimum absolute atomic E-state index is 0.165. The maximum atomic E-state index is 13.9. The zero-order chi connectivity index (χ0) is 25.6. The first kappa shape index (κ1) is 25.0. The summed E-state index contributed by atoms with van der Waals surface area (Å²) in [6.07, 6.45) is -1.44. The molecule has 3 aliphatic rings. The van der Waals surface area contributed by atoms with Crippen LogP contribution in [0.1, 0.15) is 29.7 Å². The molecule has 1 saturated heterocycles. The van der Waals surface area contributed by atoms with Gasteiger partial charge in [-0.25, -0.2) is 0 Å². The van der Waals surface area contributed by atoms with Crippen molar-refractivity contribution >= 4 is 29.3 Å². The second kappa shape index (κ2) is 9.66. The molecule has 1 fully saturated rings. The van der Waals surface area contributed by atoms with E-state index in [1.165, 1.54) is 5.01 Å². The van der Waals surface area contributed by atoms with Gasteiger partial charge >= 0.3 is 6.18 Å². The van der Waals surface area contributed by atoms with Crippen LogP contribution in [0.15, 0.2) is 71.1 Å². The SMILES string of the molecule is C[C@@H](N1CN([C@@H]2c3ccccc3SCc3c(Cl)cccc32)N2/C=C\COC/C(O)=C\2C1=O)C(F)(F)F. The van der Waals surface area contributed by atoms with Gasteiger partial charge in [0.1, 0.15) is 18.4 Å². The van der Waals surface area contributed by atoms with Gasteiger partial charge in [0.05, 0.1) is 19.3 Å².